The number of rotatable bonds is 6. The number of hydrogen-bond acceptors (Lipinski definition) is 4. The van der Waals surface area contributed by atoms with Crippen molar-refractivity contribution in [2.45, 2.75) is 32.2 Å². The molecule has 0 aromatic heterocycles. The van der Waals surface area contributed by atoms with Crippen molar-refractivity contribution in [3.05, 3.63) is 0 Å². The first-order chi connectivity index (χ1) is 9.31. The molecule has 3 N–H and O–H groups in total. The highest BCUT2D eigenvalue weighted by atomic mass is 19.3. The van der Waals surface area contributed by atoms with Crippen molar-refractivity contribution < 1.29 is 28.3 Å². The molecule has 1 rings (SSSR count). The maximum Gasteiger partial charge on any atom is 0.326 e. The molecule has 2 unspecified atom stereocenters. The van der Waals surface area contributed by atoms with Crippen LogP contribution in [0.25, 0.3) is 0 Å². The van der Waals surface area contributed by atoms with Crippen LogP contribution in [0.5, 0.6) is 0 Å². The molecule has 0 aromatic carbocycles. The van der Waals surface area contributed by atoms with E-state index in [0.717, 1.165) is 4.90 Å². The molecule has 8 heteroatoms. The van der Waals surface area contributed by atoms with Crippen molar-refractivity contribution in [1.29, 1.82) is 0 Å². The van der Waals surface area contributed by atoms with Crippen LogP contribution >= 0.6 is 0 Å². The molecule has 1 fully saturated rings. The van der Waals surface area contributed by atoms with E-state index in [1.165, 1.54) is 6.92 Å². The lowest BCUT2D eigenvalue weighted by Crippen LogP contribution is -2.47. The van der Waals surface area contributed by atoms with Gasteiger partial charge in [0.05, 0.1) is 18.4 Å². The van der Waals surface area contributed by atoms with Gasteiger partial charge in [-0.1, -0.05) is 6.92 Å². The van der Waals surface area contributed by atoms with Crippen LogP contribution in [0.4, 0.5) is 8.78 Å². The van der Waals surface area contributed by atoms with E-state index in [4.69, 9.17) is 10.8 Å². The van der Waals surface area contributed by atoms with Crippen molar-refractivity contribution in [2.24, 2.45) is 17.6 Å². The largest absolute Gasteiger partial charge is 0.480 e. The van der Waals surface area contributed by atoms with Gasteiger partial charge in [0.2, 0.25) is 12.3 Å². The quantitative estimate of drug-likeness (QED) is 0.723. The highest BCUT2D eigenvalue weighted by Crippen LogP contribution is 2.27. The number of nitrogens with two attached hydrogens (primary N) is 1. The summed E-state index contributed by atoms with van der Waals surface area (Å²) in [7, 11) is 0. The summed E-state index contributed by atoms with van der Waals surface area (Å²) in [6.07, 6.45) is -2.21. The van der Waals surface area contributed by atoms with Crippen molar-refractivity contribution in [3.63, 3.8) is 0 Å². The minimum absolute atomic E-state index is 0.201. The smallest absolute Gasteiger partial charge is 0.326 e. The molecule has 1 aliphatic heterocycles. The fourth-order valence-electron chi connectivity index (χ4n) is 2.48. The van der Waals surface area contributed by atoms with E-state index in [0.29, 0.717) is 6.42 Å². The van der Waals surface area contributed by atoms with Gasteiger partial charge in [0.1, 0.15) is 6.04 Å². The fourth-order valence-corrected chi connectivity index (χ4v) is 2.48. The third-order valence-corrected chi connectivity index (χ3v) is 3.59. The Hall–Kier alpha value is -1.57. The molecule has 0 spiro atoms. The lowest BCUT2D eigenvalue weighted by atomic mass is 9.89. The van der Waals surface area contributed by atoms with Gasteiger partial charge in [0.15, 0.2) is 5.78 Å². The Labute approximate surface area is 114 Å². The molecule has 0 bridgehead atoms. The molecule has 0 radical (unpaired) electrons. The highest BCUT2D eigenvalue weighted by molar-refractivity contribution is 5.91. The topological polar surface area (TPSA) is 101 Å². The van der Waals surface area contributed by atoms with Crippen LogP contribution in [-0.2, 0) is 14.4 Å². The molecule has 114 valence electrons. The standard InChI is InChI=1S/C12H18F2N2O4/c1-6(9(10(13)14)8(17)5-15)11(18)16-4-2-3-7(16)12(19)20/h6-7,9-10H,2-5,15H2,1H3,(H,19,20)/t6?,7-,9?/m0/s1. The number of halogens is 2. The Kier molecular flexibility index (Phi) is 5.55. The van der Waals surface area contributed by atoms with Gasteiger partial charge in [-0.25, -0.2) is 13.6 Å². The van der Waals surface area contributed by atoms with Gasteiger partial charge < -0.3 is 15.7 Å². The number of nitrogens with zero attached hydrogens (tertiary/aromatic N) is 1. The van der Waals surface area contributed by atoms with E-state index in [1.54, 1.807) is 0 Å². The SMILES string of the molecule is CC(C(=O)N1CCC[C@H]1C(=O)O)C(C(=O)CN)C(F)F. The Morgan fingerprint density at radius 3 is 2.45 bits per heavy atom. The zero-order valence-corrected chi connectivity index (χ0v) is 11.1. The number of carboxylic acids is 1. The first-order valence-corrected chi connectivity index (χ1v) is 6.35. The van der Waals surface area contributed by atoms with Gasteiger partial charge >= 0.3 is 5.97 Å². The van der Waals surface area contributed by atoms with Crippen LogP contribution in [0.3, 0.4) is 0 Å². The number of carbonyl (C=O) groups excluding carboxylic acids is 2. The number of carboxylic acid groups (broad SMARTS) is 1. The molecule has 0 aromatic rings. The zero-order chi connectivity index (χ0) is 15.4. The minimum atomic E-state index is -3.00. The van der Waals surface area contributed by atoms with Crippen molar-refractivity contribution in [1.82, 2.24) is 4.90 Å². The van der Waals surface area contributed by atoms with E-state index in [-0.39, 0.29) is 13.0 Å². The maximum atomic E-state index is 12.9. The molecule has 1 aliphatic rings. The number of ketones is 1. The van der Waals surface area contributed by atoms with Crippen LogP contribution in [0.2, 0.25) is 0 Å². The maximum absolute atomic E-state index is 12.9. The highest BCUT2D eigenvalue weighted by Gasteiger charge is 2.42. The first kappa shape index (κ1) is 16.5. The summed E-state index contributed by atoms with van der Waals surface area (Å²) in [5, 5.41) is 8.99. The molecule has 20 heavy (non-hydrogen) atoms. The molecule has 0 aliphatic carbocycles. The summed E-state index contributed by atoms with van der Waals surface area (Å²) in [6, 6.07) is -1.00. The summed E-state index contributed by atoms with van der Waals surface area (Å²) in [4.78, 5) is 35.7. The van der Waals surface area contributed by atoms with Crippen LogP contribution < -0.4 is 5.73 Å². The van der Waals surface area contributed by atoms with E-state index >= 15 is 0 Å². The normalized spacial score (nSPS) is 21.9. The number of hydrogen-bond donors (Lipinski definition) is 2. The first-order valence-electron chi connectivity index (χ1n) is 6.35. The molecule has 1 saturated heterocycles. The second-order valence-corrected chi connectivity index (χ2v) is 4.85. The van der Waals surface area contributed by atoms with E-state index in [1.807, 2.05) is 0 Å². The van der Waals surface area contributed by atoms with Crippen LogP contribution in [-0.4, -0.2) is 53.2 Å². The Morgan fingerprint density at radius 1 is 1.40 bits per heavy atom. The van der Waals surface area contributed by atoms with E-state index < -0.39 is 48.5 Å². The van der Waals surface area contributed by atoms with Gasteiger partial charge in [0, 0.05) is 6.54 Å². The average Bonchev–Trinajstić information content (AvgIpc) is 2.86. The number of likely N-dealkylation sites (tertiary alicyclic amines) is 1. The Bertz CT molecular complexity index is 403. The van der Waals surface area contributed by atoms with E-state index in [2.05, 4.69) is 0 Å². The van der Waals surface area contributed by atoms with E-state index in [9.17, 15) is 23.2 Å². The predicted molar refractivity (Wildman–Crippen MR) is 65.1 cm³/mol. The van der Waals surface area contributed by atoms with Crippen molar-refractivity contribution in [2.75, 3.05) is 13.1 Å². The predicted octanol–water partition coefficient (Wildman–Crippen LogP) is 0.107. The van der Waals surface area contributed by atoms with Gasteiger partial charge in [-0.15, -0.1) is 0 Å². The fraction of sp³-hybridized carbons (Fsp3) is 0.750. The van der Waals surface area contributed by atoms with Crippen LogP contribution in [0.1, 0.15) is 19.8 Å². The minimum Gasteiger partial charge on any atom is -0.480 e. The lowest BCUT2D eigenvalue weighted by molar-refractivity contribution is -0.152. The average molecular weight is 292 g/mol. The summed E-state index contributed by atoms with van der Waals surface area (Å²) in [6.45, 7) is 0.839. The summed E-state index contributed by atoms with van der Waals surface area (Å²) < 4.78 is 25.9. The number of amides is 1. The number of aliphatic carboxylic acids is 1. The molecule has 3 atom stereocenters. The molecular weight excluding hydrogens is 274 g/mol. The summed E-state index contributed by atoms with van der Waals surface area (Å²) in [5.41, 5.74) is 5.08. The number of Topliss-reactive ketones (excluding diaryl/α,β-unsaturated/α-hetero) is 1. The van der Waals surface area contributed by atoms with Gasteiger partial charge in [-0.05, 0) is 12.8 Å². The van der Waals surface area contributed by atoms with Crippen molar-refractivity contribution in [3.8, 4) is 0 Å². The zero-order valence-electron chi connectivity index (χ0n) is 11.1. The lowest BCUT2D eigenvalue weighted by Gasteiger charge is -2.28. The number of alkyl halides is 2. The second kappa shape index (κ2) is 6.74. The van der Waals surface area contributed by atoms with Gasteiger partial charge in [-0.3, -0.25) is 9.59 Å². The van der Waals surface area contributed by atoms with Crippen LogP contribution in [0.15, 0.2) is 0 Å². The molecule has 1 heterocycles. The summed E-state index contributed by atoms with van der Waals surface area (Å²) in [5.74, 6) is -5.87. The Balaban J connectivity index is 2.89. The molecule has 6 nitrogen and oxygen atoms in total. The molecule has 1 amide bonds. The third-order valence-electron chi connectivity index (χ3n) is 3.59. The second-order valence-electron chi connectivity index (χ2n) is 4.85. The number of carbonyl (C=O) groups is 3. The monoisotopic (exact) mass is 292 g/mol. The molecular formula is C12H18F2N2O4. The van der Waals surface area contributed by atoms with Gasteiger partial charge in [0.25, 0.3) is 0 Å². The van der Waals surface area contributed by atoms with Gasteiger partial charge in [-0.2, -0.15) is 0 Å². The Morgan fingerprint density at radius 2 is 2.00 bits per heavy atom. The molecule has 0 saturated carbocycles. The third kappa shape index (κ3) is 3.30. The van der Waals surface area contributed by atoms with Crippen molar-refractivity contribution >= 4 is 17.7 Å². The summed E-state index contributed by atoms with van der Waals surface area (Å²) >= 11 is 0. The van der Waals surface area contributed by atoms with Crippen LogP contribution in [0, 0.1) is 11.8 Å².